The van der Waals surface area contributed by atoms with Crippen LogP contribution in [0, 0.1) is 0 Å². The number of carbonyl (C=O) groups excluding carboxylic acids is 3. The molecular formula is C33H39N5O6. The molecule has 3 aromatic rings. The van der Waals surface area contributed by atoms with Gasteiger partial charge in [0.2, 0.25) is 11.8 Å². The van der Waals surface area contributed by atoms with Crippen LogP contribution in [0.15, 0.2) is 66.9 Å². The molecule has 44 heavy (non-hydrogen) atoms. The van der Waals surface area contributed by atoms with Gasteiger partial charge in [-0.1, -0.05) is 18.2 Å². The number of methoxy groups -OCH3 is 1. The lowest BCUT2D eigenvalue weighted by atomic mass is 10.0. The maximum Gasteiger partial charge on any atom is 0.251 e. The van der Waals surface area contributed by atoms with E-state index in [2.05, 4.69) is 15.6 Å². The summed E-state index contributed by atoms with van der Waals surface area (Å²) in [5.41, 5.74) is 2.18. The number of carbonyl (C=O) groups is 3. The molecule has 232 valence electrons. The average Bonchev–Trinajstić information content (AvgIpc) is 3.02. The zero-order valence-electron chi connectivity index (χ0n) is 25.2. The van der Waals surface area contributed by atoms with Crippen molar-refractivity contribution in [2.75, 3.05) is 40.3 Å². The molecule has 2 N–H and O–H groups in total. The van der Waals surface area contributed by atoms with Crippen LogP contribution in [-0.4, -0.2) is 85.0 Å². The maximum absolute atomic E-state index is 13.3. The minimum atomic E-state index is -0.374. The van der Waals surface area contributed by atoms with Crippen LogP contribution in [0.5, 0.6) is 17.2 Å². The van der Waals surface area contributed by atoms with E-state index in [4.69, 9.17) is 14.2 Å². The van der Waals surface area contributed by atoms with Gasteiger partial charge in [0.1, 0.15) is 17.2 Å². The van der Waals surface area contributed by atoms with Gasteiger partial charge in [0.25, 0.3) is 5.91 Å². The summed E-state index contributed by atoms with van der Waals surface area (Å²) in [4.78, 5) is 47.2. The molecule has 3 heterocycles. The number of likely N-dealkylation sites (tertiary alicyclic amines) is 1. The fourth-order valence-corrected chi connectivity index (χ4v) is 5.40. The molecule has 0 radical (unpaired) electrons. The smallest absolute Gasteiger partial charge is 0.251 e. The standard InChI is InChI=1S/C33H39N5O6/c1-37(19-25-8-3-4-12-34-25)21-32(40)38-14-11-30-29(20-38)36-31(39)10-6-13-35-33(41)24-16-27(42-2)18-28(17-24)44-26-9-5-7-23(15-26)22-43-30/h3-5,7-9,12,15-18,29-30H,6,10-11,13-14,19-22H2,1-2H3,(H,35,41)(H,36,39)/t29-,30-/m0/s1. The number of rotatable bonds is 5. The summed E-state index contributed by atoms with van der Waals surface area (Å²) in [5.74, 6) is 1.11. The van der Waals surface area contributed by atoms with Gasteiger partial charge in [-0.05, 0) is 61.9 Å². The van der Waals surface area contributed by atoms with Crippen molar-refractivity contribution in [3.63, 3.8) is 0 Å². The van der Waals surface area contributed by atoms with Crippen LogP contribution in [-0.2, 0) is 27.5 Å². The lowest BCUT2D eigenvalue weighted by Gasteiger charge is -2.39. The zero-order valence-corrected chi connectivity index (χ0v) is 25.2. The van der Waals surface area contributed by atoms with Crippen molar-refractivity contribution in [2.45, 2.75) is 44.6 Å². The number of nitrogens with one attached hydrogen (secondary N) is 2. The van der Waals surface area contributed by atoms with E-state index in [1.165, 1.54) is 7.11 Å². The third-order valence-electron chi connectivity index (χ3n) is 7.65. The predicted octanol–water partition coefficient (Wildman–Crippen LogP) is 3.14. The van der Waals surface area contributed by atoms with Crippen LogP contribution in [0.1, 0.15) is 40.9 Å². The molecule has 3 amide bonds. The summed E-state index contributed by atoms with van der Waals surface area (Å²) in [7, 11) is 3.43. The minimum Gasteiger partial charge on any atom is -0.497 e. The molecule has 2 aliphatic heterocycles. The fraction of sp³-hybridized carbons (Fsp3) is 0.394. The highest BCUT2D eigenvalue weighted by Crippen LogP contribution is 2.28. The molecule has 1 saturated heterocycles. The first kappa shape index (κ1) is 31.0. The highest BCUT2D eigenvalue weighted by molar-refractivity contribution is 5.95. The van der Waals surface area contributed by atoms with E-state index in [1.807, 2.05) is 54.4 Å². The molecule has 4 bridgehead atoms. The van der Waals surface area contributed by atoms with E-state index in [0.29, 0.717) is 68.4 Å². The summed E-state index contributed by atoms with van der Waals surface area (Å²) in [6.07, 6.45) is 2.72. The Morgan fingerprint density at radius 1 is 1.11 bits per heavy atom. The summed E-state index contributed by atoms with van der Waals surface area (Å²) >= 11 is 0. The van der Waals surface area contributed by atoms with Crippen LogP contribution in [0.25, 0.3) is 0 Å². The number of pyridine rings is 1. The van der Waals surface area contributed by atoms with Crippen LogP contribution >= 0.6 is 0 Å². The number of hydrogen-bond acceptors (Lipinski definition) is 8. The van der Waals surface area contributed by atoms with Gasteiger partial charge >= 0.3 is 0 Å². The number of fused-ring (bicyclic) bond motifs is 5. The van der Waals surface area contributed by atoms with Crippen molar-refractivity contribution in [1.82, 2.24) is 25.4 Å². The lowest BCUT2D eigenvalue weighted by molar-refractivity contribution is -0.138. The second kappa shape index (κ2) is 14.8. The number of amides is 3. The summed E-state index contributed by atoms with van der Waals surface area (Å²) in [5, 5.41) is 5.97. The van der Waals surface area contributed by atoms with Crippen LogP contribution in [0.3, 0.4) is 0 Å². The lowest BCUT2D eigenvalue weighted by Crippen LogP contribution is -2.58. The largest absolute Gasteiger partial charge is 0.497 e. The third-order valence-corrected chi connectivity index (χ3v) is 7.65. The Bertz CT molecular complexity index is 1450. The van der Waals surface area contributed by atoms with E-state index in [9.17, 15) is 14.4 Å². The molecule has 11 heteroatoms. The molecule has 2 aromatic carbocycles. The number of ether oxygens (including phenoxy) is 3. The van der Waals surface area contributed by atoms with Crippen LogP contribution in [0.2, 0.25) is 0 Å². The van der Waals surface area contributed by atoms with Crippen molar-refractivity contribution < 1.29 is 28.6 Å². The SMILES string of the molecule is COc1cc2cc(c1)C(=O)NCCCC(=O)N[C@H]1CN(C(=O)CN(C)Cc3ccccn3)CC[C@@H]1OCc1cccc(c1)O2. The van der Waals surface area contributed by atoms with E-state index in [1.54, 1.807) is 29.3 Å². The quantitative estimate of drug-likeness (QED) is 0.458. The Morgan fingerprint density at radius 2 is 2.00 bits per heavy atom. The molecule has 1 fully saturated rings. The molecule has 0 spiro atoms. The zero-order chi connectivity index (χ0) is 30.9. The van der Waals surface area contributed by atoms with Gasteiger partial charge < -0.3 is 29.7 Å². The van der Waals surface area contributed by atoms with E-state index in [0.717, 1.165) is 11.3 Å². The molecule has 0 aliphatic carbocycles. The van der Waals surface area contributed by atoms with Gasteiger partial charge in [-0.15, -0.1) is 0 Å². The third kappa shape index (κ3) is 8.55. The number of nitrogens with zero attached hydrogens (tertiary/aromatic N) is 3. The first-order valence-electron chi connectivity index (χ1n) is 14.9. The average molecular weight is 602 g/mol. The highest BCUT2D eigenvalue weighted by atomic mass is 16.5. The van der Waals surface area contributed by atoms with Gasteiger partial charge in [-0.2, -0.15) is 0 Å². The van der Waals surface area contributed by atoms with E-state index < -0.39 is 0 Å². The summed E-state index contributed by atoms with van der Waals surface area (Å²) < 4.78 is 17.8. The van der Waals surface area contributed by atoms with Crippen molar-refractivity contribution >= 4 is 17.7 Å². The first-order valence-corrected chi connectivity index (χ1v) is 14.9. The number of benzene rings is 2. The Balaban J connectivity index is 1.28. The normalized spacial score (nSPS) is 19.5. The summed E-state index contributed by atoms with van der Waals surface area (Å²) in [6.45, 7) is 2.30. The Kier molecular flexibility index (Phi) is 10.4. The fourth-order valence-electron chi connectivity index (χ4n) is 5.40. The number of aromatic nitrogens is 1. The first-order chi connectivity index (χ1) is 21.4. The van der Waals surface area contributed by atoms with Crippen molar-refractivity contribution in [3.05, 3.63) is 83.7 Å². The summed E-state index contributed by atoms with van der Waals surface area (Å²) in [6, 6.07) is 17.9. The molecule has 11 nitrogen and oxygen atoms in total. The Hall–Kier alpha value is -4.48. The minimum absolute atomic E-state index is 0.0111. The Labute approximate surface area is 257 Å². The highest BCUT2D eigenvalue weighted by Gasteiger charge is 2.33. The molecule has 0 unspecified atom stereocenters. The predicted molar refractivity (Wildman–Crippen MR) is 163 cm³/mol. The molecular weight excluding hydrogens is 562 g/mol. The van der Waals surface area contributed by atoms with Crippen molar-refractivity contribution in [2.24, 2.45) is 0 Å². The number of likely N-dealkylation sites (N-methyl/N-ethyl adjacent to an activating group) is 1. The maximum atomic E-state index is 13.3. The topological polar surface area (TPSA) is 122 Å². The Morgan fingerprint density at radius 3 is 2.82 bits per heavy atom. The molecule has 5 rings (SSSR count). The second-order valence-electron chi connectivity index (χ2n) is 11.2. The van der Waals surface area contributed by atoms with E-state index in [-0.39, 0.29) is 42.8 Å². The van der Waals surface area contributed by atoms with Gasteiger partial charge in [0, 0.05) is 50.4 Å². The monoisotopic (exact) mass is 601 g/mol. The van der Waals surface area contributed by atoms with Gasteiger partial charge in [-0.3, -0.25) is 24.3 Å². The van der Waals surface area contributed by atoms with Crippen LogP contribution in [0.4, 0.5) is 0 Å². The molecule has 2 aliphatic rings. The van der Waals surface area contributed by atoms with Crippen LogP contribution < -0.4 is 20.1 Å². The molecule has 1 aromatic heterocycles. The molecule has 0 saturated carbocycles. The van der Waals surface area contributed by atoms with Crippen molar-refractivity contribution in [3.8, 4) is 17.2 Å². The number of hydrogen-bond donors (Lipinski definition) is 2. The van der Waals surface area contributed by atoms with Gasteiger partial charge in [-0.25, -0.2) is 0 Å². The second-order valence-corrected chi connectivity index (χ2v) is 11.2. The van der Waals surface area contributed by atoms with Gasteiger partial charge in [0.05, 0.1) is 38.1 Å². The molecule has 2 atom stereocenters. The van der Waals surface area contributed by atoms with Gasteiger partial charge in [0.15, 0.2) is 0 Å². The van der Waals surface area contributed by atoms with Crippen molar-refractivity contribution in [1.29, 1.82) is 0 Å². The van der Waals surface area contributed by atoms with E-state index >= 15 is 0 Å². The number of piperidine rings is 1.